The molecule has 0 saturated heterocycles. The van der Waals surface area contributed by atoms with Gasteiger partial charge in [0.05, 0.1) is 12.3 Å². The summed E-state index contributed by atoms with van der Waals surface area (Å²) in [6.07, 6.45) is 0. The normalized spacial score (nSPS) is 10.3. The van der Waals surface area contributed by atoms with E-state index in [1.807, 2.05) is 0 Å². The van der Waals surface area contributed by atoms with Crippen LogP contribution in [0.2, 0.25) is 0 Å². The van der Waals surface area contributed by atoms with Gasteiger partial charge in [-0.3, -0.25) is 9.59 Å². The minimum absolute atomic E-state index is 0.0114. The van der Waals surface area contributed by atoms with E-state index in [0.717, 1.165) is 4.68 Å². The summed E-state index contributed by atoms with van der Waals surface area (Å²) in [6.45, 7) is 1.76. The highest BCUT2D eigenvalue weighted by molar-refractivity contribution is 6.08. The van der Waals surface area contributed by atoms with Crippen LogP contribution in [0, 0.1) is 0 Å². The largest absolute Gasteiger partial charge is 0.462 e. The van der Waals surface area contributed by atoms with Crippen LogP contribution in [0.5, 0.6) is 0 Å². The summed E-state index contributed by atoms with van der Waals surface area (Å²) in [7, 11) is 0. The molecule has 1 heterocycles. The molecule has 0 amide bonds. The first-order valence-corrected chi connectivity index (χ1v) is 8.08. The van der Waals surface area contributed by atoms with E-state index in [4.69, 9.17) is 4.74 Å². The zero-order chi connectivity index (χ0) is 18.5. The summed E-state index contributed by atoms with van der Waals surface area (Å²) in [5, 5.41) is 4.17. The van der Waals surface area contributed by atoms with Crippen molar-refractivity contribution in [1.82, 2.24) is 9.78 Å². The molecule has 0 unspecified atom stereocenters. The Labute approximate surface area is 149 Å². The second-order valence-electron chi connectivity index (χ2n) is 5.41. The zero-order valence-electron chi connectivity index (χ0n) is 14.1. The van der Waals surface area contributed by atoms with Crippen LogP contribution in [0.4, 0.5) is 0 Å². The van der Waals surface area contributed by atoms with Crippen LogP contribution < -0.4 is 5.56 Å². The van der Waals surface area contributed by atoms with Crippen LogP contribution in [0.1, 0.15) is 33.3 Å². The van der Waals surface area contributed by atoms with Gasteiger partial charge < -0.3 is 4.74 Å². The van der Waals surface area contributed by atoms with Gasteiger partial charge in [0.25, 0.3) is 5.56 Å². The van der Waals surface area contributed by atoms with Crippen molar-refractivity contribution < 1.29 is 14.3 Å². The van der Waals surface area contributed by atoms with Gasteiger partial charge in [-0.05, 0) is 25.1 Å². The third-order valence-corrected chi connectivity index (χ3v) is 3.68. The van der Waals surface area contributed by atoms with Crippen LogP contribution in [-0.2, 0) is 4.74 Å². The first kappa shape index (κ1) is 17.3. The zero-order valence-corrected chi connectivity index (χ0v) is 14.1. The molecule has 0 aliphatic heterocycles. The number of para-hydroxylation sites is 1. The third-order valence-electron chi connectivity index (χ3n) is 3.68. The molecule has 0 spiro atoms. The standard InChI is InChI=1S/C20H16N2O4/c1-2-26-20(25)16-13-17(18(23)14-9-5-3-6-10-14)21-22(19(16)24)15-11-7-4-8-12-15/h3-13H,2H2,1H3. The molecule has 0 radical (unpaired) electrons. The lowest BCUT2D eigenvalue weighted by Gasteiger charge is -2.10. The first-order chi connectivity index (χ1) is 12.6. The number of hydrogen-bond acceptors (Lipinski definition) is 5. The van der Waals surface area contributed by atoms with Crippen LogP contribution in [-0.4, -0.2) is 28.1 Å². The Morgan fingerprint density at radius 1 is 1.00 bits per heavy atom. The Bertz CT molecular complexity index is 995. The maximum absolute atomic E-state index is 12.7. The molecule has 2 aromatic carbocycles. The Morgan fingerprint density at radius 2 is 1.62 bits per heavy atom. The summed E-state index contributed by atoms with van der Waals surface area (Å²) in [5.41, 5.74) is -0.0224. The second kappa shape index (κ2) is 7.57. The fourth-order valence-electron chi connectivity index (χ4n) is 2.44. The van der Waals surface area contributed by atoms with E-state index in [1.165, 1.54) is 6.07 Å². The number of esters is 1. The number of ketones is 1. The van der Waals surface area contributed by atoms with Crippen molar-refractivity contribution in [3.05, 3.63) is 93.9 Å². The molecule has 6 heteroatoms. The van der Waals surface area contributed by atoms with E-state index in [1.54, 1.807) is 67.6 Å². The smallest absolute Gasteiger partial charge is 0.343 e. The molecule has 3 rings (SSSR count). The van der Waals surface area contributed by atoms with E-state index in [9.17, 15) is 14.4 Å². The predicted molar refractivity (Wildman–Crippen MR) is 95.7 cm³/mol. The minimum atomic E-state index is -0.785. The monoisotopic (exact) mass is 348 g/mol. The average molecular weight is 348 g/mol. The highest BCUT2D eigenvalue weighted by Crippen LogP contribution is 2.11. The molecule has 0 aliphatic rings. The van der Waals surface area contributed by atoms with Crippen molar-refractivity contribution in [3.63, 3.8) is 0 Å². The topological polar surface area (TPSA) is 78.3 Å². The number of hydrogen-bond donors (Lipinski definition) is 0. The highest BCUT2D eigenvalue weighted by Gasteiger charge is 2.21. The number of carbonyl (C=O) groups excluding carboxylic acids is 2. The van der Waals surface area contributed by atoms with E-state index < -0.39 is 11.5 Å². The molecular weight excluding hydrogens is 332 g/mol. The number of nitrogens with zero attached hydrogens (tertiary/aromatic N) is 2. The van der Waals surface area contributed by atoms with Gasteiger partial charge in [0, 0.05) is 5.56 Å². The SMILES string of the molecule is CCOC(=O)c1cc(C(=O)c2ccccc2)nn(-c2ccccc2)c1=O. The summed E-state index contributed by atoms with van der Waals surface area (Å²) in [6, 6.07) is 18.3. The maximum atomic E-state index is 12.7. The quantitative estimate of drug-likeness (QED) is 0.523. The lowest BCUT2D eigenvalue weighted by Crippen LogP contribution is -2.30. The molecule has 1 aromatic heterocycles. The van der Waals surface area contributed by atoms with Crippen molar-refractivity contribution in [3.8, 4) is 5.69 Å². The van der Waals surface area contributed by atoms with Gasteiger partial charge in [0.15, 0.2) is 0 Å². The van der Waals surface area contributed by atoms with Crippen LogP contribution >= 0.6 is 0 Å². The average Bonchev–Trinajstić information content (AvgIpc) is 2.69. The molecule has 0 aliphatic carbocycles. The molecule has 6 nitrogen and oxygen atoms in total. The Morgan fingerprint density at radius 3 is 2.23 bits per heavy atom. The minimum Gasteiger partial charge on any atom is -0.462 e. The fraction of sp³-hybridized carbons (Fsp3) is 0.100. The number of aromatic nitrogens is 2. The Kier molecular flexibility index (Phi) is 5.03. The van der Waals surface area contributed by atoms with Crippen molar-refractivity contribution in [2.45, 2.75) is 6.92 Å². The summed E-state index contributed by atoms with van der Waals surface area (Å²) < 4.78 is 5.99. The number of carbonyl (C=O) groups is 2. The first-order valence-electron chi connectivity index (χ1n) is 8.08. The van der Waals surface area contributed by atoms with E-state index in [0.29, 0.717) is 11.3 Å². The van der Waals surface area contributed by atoms with Gasteiger partial charge in [0.2, 0.25) is 5.78 Å². The molecule has 0 N–H and O–H groups in total. The number of benzene rings is 2. The van der Waals surface area contributed by atoms with E-state index in [-0.39, 0.29) is 23.6 Å². The maximum Gasteiger partial charge on any atom is 0.343 e. The summed E-state index contributed by atoms with van der Waals surface area (Å²) in [4.78, 5) is 37.6. The number of rotatable bonds is 5. The summed E-state index contributed by atoms with van der Waals surface area (Å²) in [5.74, 6) is -1.17. The van der Waals surface area contributed by atoms with E-state index in [2.05, 4.69) is 5.10 Å². The third kappa shape index (κ3) is 3.44. The van der Waals surface area contributed by atoms with Crippen molar-refractivity contribution in [2.75, 3.05) is 6.61 Å². The predicted octanol–water partition coefficient (Wildman–Crippen LogP) is 2.64. The molecule has 0 saturated carbocycles. The van der Waals surface area contributed by atoms with Gasteiger partial charge in [-0.2, -0.15) is 9.78 Å². The lowest BCUT2D eigenvalue weighted by molar-refractivity contribution is 0.0523. The molecule has 26 heavy (non-hydrogen) atoms. The molecule has 3 aromatic rings. The molecular formula is C20H16N2O4. The molecule has 0 fully saturated rings. The molecule has 0 atom stereocenters. The highest BCUT2D eigenvalue weighted by atomic mass is 16.5. The van der Waals surface area contributed by atoms with Crippen molar-refractivity contribution in [1.29, 1.82) is 0 Å². The van der Waals surface area contributed by atoms with Crippen LogP contribution in [0.3, 0.4) is 0 Å². The molecule has 0 bridgehead atoms. The van der Waals surface area contributed by atoms with Crippen molar-refractivity contribution >= 4 is 11.8 Å². The van der Waals surface area contributed by atoms with Gasteiger partial charge in [-0.1, -0.05) is 48.5 Å². The van der Waals surface area contributed by atoms with Gasteiger partial charge in [0.1, 0.15) is 11.3 Å². The van der Waals surface area contributed by atoms with Gasteiger partial charge >= 0.3 is 5.97 Å². The van der Waals surface area contributed by atoms with Crippen LogP contribution in [0.15, 0.2) is 71.5 Å². The second-order valence-corrected chi connectivity index (χ2v) is 5.41. The van der Waals surface area contributed by atoms with E-state index >= 15 is 0 Å². The Hall–Kier alpha value is -3.54. The molecule has 130 valence electrons. The number of ether oxygens (including phenoxy) is 1. The van der Waals surface area contributed by atoms with Gasteiger partial charge in [-0.15, -0.1) is 0 Å². The van der Waals surface area contributed by atoms with Crippen molar-refractivity contribution in [2.24, 2.45) is 0 Å². The van der Waals surface area contributed by atoms with Crippen LogP contribution in [0.25, 0.3) is 5.69 Å². The summed E-state index contributed by atoms with van der Waals surface area (Å²) >= 11 is 0. The Balaban J connectivity index is 2.19. The lowest BCUT2D eigenvalue weighted by atomic mass is 10.1. The van der Waals surface area contributed by atoms with Gasteiger partial charge in [-0.25, -0.2) is 4.79 Å². The fourth-order valence-corrected chi connectivity index (χ4v) is 2.44.